The van der Waals surface area contributed by atoms with Gasteiger partial charge in [0.1, 0.15) is 6.61 Å². The van der Waals surface area contributed by atoms with Crippen molar-refractivity contribution < 1.29 is 24.2 Å². The van der Waals surface area contributed by atoms with Crippen molar-refractivity contribution in [1.82, 2.24) is 0 Å². The van der Waals surface area contributed by atoms with Crippen LogP contribution in [0.2, 0.25) is 0 Å². The molecule has 5 heteroatoms. The number of unbranched alkanes of at least 4 members (excludes halogenated alkanes) is 3. The van der Waals surface area contributed by atoms with Crippen molar-refractivity contribution in [2.75, 3.05) is 13.2 Å². The maximum atomic E-state index is 12.1. The van der Waals surface area contributed by atoms with E-state index >= 15 is 0 Å². The van der Waals surface area contributed by atoms with E-state index in [-0.39, 0.29) is 38.0 Å². The van der Waals surface area contributed by atoms with Gasteiger partial charge in [0.2, 0.25) is 0 Å². The number of rotatable bonds is 29. The van der Waals surface area contributed by atoms with Crippen LogP contribution in [-0.4, -0.2) is 36.4 Å². The van der Waals surface area contributed by atoms with Gasteiger partial charge >= 0.3 is 11.9 Å². The van der Waals surface area contributed by atoms with Crippen LogP contribution in [0.15, 0.2) is 109 Å². The maximum Gasteiger partial charge on any atom is 0.306 e. The van der Waals surface area contributed by atoms with Gasteiger partial charge in [0.25, 0.3) is 0 Å². The summed E-state index contributed by atoms with van der Waals surface area (Å²) in [5.74, 6) is -0.724. The minimum absolute atomic E-state index is 0.120. The van der Waals surface area contributed by atoms with E-state index in [1.165, 1.54) is 0 Å². The molecule has 0 amide bonds. The van der Waals surface area contributed by atoms with E-state index < -0.39 is 6.10 Å². The molecule has 0 rings (SSSR count). The number of carbonyl (C=O) groups excluding carboxylic acids is 2. The molecule has 0 aromatic carbocycles. The Hall–Kier alpha value is -3.44. The number of aliphatic hydroxyl groups is 1. The minimum Gasteiger partial charge on any atom is -0.462 e. The number of ether oxygens (including phenoxy) is 2. The van der Waals surface area contributed by atoms with Crippen molar-refractivity contribution in [3.8, 4) is 0 Å². The normalized spacial score (nSPS) is 13.5. The average Bonchev–Trinajstić information content (AvgIpc) is 3.06. The highest BCUT2D eigenvalue weighted by Gasteiger charge is 2.15. The first-order chi connectivity index (χ1) is 22.6. The molecule has 1 atom stereocenters. The fourth-order valence-corrected chi connectivity index (χ4v) is 3.99. The number of aliphatic hydroxyl groups excluding tert-OH is 1. The van der Waals surface area contributed by atoms with Gasteiger partial charge in [-0.25, -0.2) is 0 Å². The van der Waals surface area contributed by atoms with Gasteiger partial charge in [0.05, 0.1) is 6.61 Å². The lowest BCUT2D eigenvalue weighted by Crippen LogP contribution is -2.28. The van der Waals surface area contributed by atoms with E-state index in [1.54, 1.807) is 0 Å². The minimum atomic E-state index is -0.822. The molecule has 5 nitrogen and oxygen atoms in total. The Kier molecular flexibility index (Phi) is 33.3. The van der Waals surface area contributed by atoms with Gasteiger partial charge in [-0.3, -0.25) is 9.59 Å². The lowest BCUT2D eigenvalue weighted by Gasteiger charge is -2.15. The summed E-state index contributed by atoms with van der Waals surface area (Å²) in [6, 6.07) is 0. The molecule has 1 N–H and O–H groups in total. The van der Waals surface area contributed by atoms with Crippen molar-refractivity contribution >= 4 is 11.9 Å². The Bertz CT molecular complexity index is 990. The Morgan fingerprint density at radius 1 is 0.500 bits per heavy atom. The van der Waals surface area contributed by atoms with E-state index in [1.807, 2.05) is 0 Å². The summed E-state index contributed by atoms with van der Waals surface area (Å²) in [5, 5.41) is 9.51. The quantitative estimate of drug-likeness (QED) is 0.0503. The third kappa shape index (κ3) is 33.5. The summed E-state index contributed by atoms with van der Waals surface area (Å²) in [7, 11) is 0. The van der Waals surface area contributed by atoms with Gasteiger partial charge < -0.3 is 14.6 Å². The van der Waals surface area contributed by atoms with Gasteiger partial charge in [0, 0.05) is 12.8 Å². The smallest absolute Gasteiger partial charge is 0.306 e. The van der Waals surface area contributed by atoms with Crippen molar-refractivity contribution in [1.29, 1.82) is 0 Å². The van der Waals surface area contributed by atoms with Crippen LogP contribution in [0.5, 0.6) is 0 Å². The molecule has 0 aromatic rings. The number of esters is 2. The summed E-state index contributed by atoms with van der Waals surface area (Å²) < 4.78 is 10.5. The number of carbonyl (C=O) groups is 2. The first kappa shape index (κ1) is 42.6. The Balaban J connectivity index is 3.81. The molecule has 0 bridgehead atoms. The number of hydrogen-bond donors (Lipinski definition) is 1. The molecule has 46 heavy (non-hydrogen) atoms. The standard InChI is InChI=1S/C41H62O5/c1-3-5-7-9-11-13-15-17-19-20-22-23-25-27-29-31-33-35-40(43)45-38-39(37-42)46-41(44)36-34-32-30-28-26-24-21-18-16-14-12-10-8-6-4-2/h5-8,11-14,17-19,21-23,26-29,39,42H,3-4,9-10,15-16,20,24-25,30-38H2,1-2H3. The van der Waals surface area contributed by atoms with E-state index in [9.17, 15) is 14.7 Å². The highest BCUT2D eigenvalue weighted by atomic mass is 16.6. The molecule has 0 saturated heterocycles. The zero-order valence-corrected chi connectivity index (χ0v) is 28.8. The molecular weight excluding hydrogens is 572 g/mol. The highest BCUT2D eigenvalue weighted by Crippen LogP contribution is 2.07. The molecule has 1 unspecified atom stereocenters. The summed E-state index contributed by atoms with van der Waals surface area (Å²) in [5.41, 5.74) is 0. The lowest BCUT2D eigenvalue weighted by atomic mass is 10.2. The van der Waals surface area contributed by atoms with Gasteiger partial charge in [-0.2, -0.15) is 0 Å². The van der Waals surface area contributed by atoms with Crippen LogP contribution in [-0.2, 0) is 19.1 Å². The van der Waals surface area contributed by atoms with Crippen LogP contribution in [0, 0.1) is 0 Å². The second kappa shape index (κ2) is 36.0. The fraction of sp³-hybridized carbons (Fsp3) is 0.512. The summed E-state index contributed by atoms with van der Waals surface area (Å²) in [6.07, 6.45) is 51.5. The highest BCUT2D eigenvalue weighted by molar-refractivity contribution is 5.70. The Labute approximate surface area is 280 Å². The predicted molar refractivity (Wildman–Crippen MR) is 195 cm³/mol. The van der Waals surface area contributed by atoms with E-state index in [0.717, 1.165) is 77.0 Å². The van der Waals surface area contributed by atoms with Gasteiger partial charge in [-0.05, 0) is 89.9 Å². The van der Waals surface area contributed by atoms with Crippen LogP contribution in [0.3, 0.4) is 0 Å². The SMILES string of the molecule is CCC=CCC=CCC=CCC=CCC=CCCCC(=O)OCC(CO)OC(=O)CCCCC=CCC=CCC=CCC=CCC. The molecule has 0 aliphatic carbocycles. The van der Waals surface area contributed by atoms with E-state index in [2.05, 4.69) is 123 Å². The zero-order chi connectivity index (χ0) is 33.6. The van der Waals surface area contributed by atoms with E-state index in [0.29, 0.717) is 12.8 Å². The summed E-state index contributed by atoms with van der Waals surface area (Å²) in [6.45, 7) is 3.78. The fourth-order valence-electron chi connectivity index (χ4n) is 3.99. The van der Waals surface area contributed by atoms with Crippen LogP contribution < -0.4 is 0 Å². The van der Waals surface area contributed by atoms with Crippen molar-refractivity contribution in [3.05, 3.63) is 109 Å². The van der Waals surface area contributed by atoms with Gasteiger partial charge in [-0.15, -0.1) is 0 Å². The molecule has 0 aliphatic heterocycles. The van der Waals surface area contributed by atoms with Gasteiger partial charge in [-0.1, -0.05) is 123 Å². The monoisotopic (exact) mass is 634 g/mol. The molecule has 0 fully saturated rings. The number of allylic oxidation sites excluding steroid dienone is 18. The average molecular weight is 635 g/mol. The van der Waals surface area contributed by atoms with Crippen molar-refractivity contribution in [2.24, 2.45) is 0 Å². The first-order valence-electron chi connectivity index (χ1n) is 17.4. The zero-order valence-electron chi connectivity index (χ0n) is 28.8. The van der Waals surface area contributed by atoms with Crippen LogP contribution >= 0.6 is 0 Å². The van der Waals surface area contributed by atoms with Crippen LogP contribution in [0.1, 0.15) is 117 Å². The Morgan fingerprint density at radius 3 is 1.28 bits per heavy atom. The summed E-state index contributed by atoms with van der Waals surface area (Å²) >= 11 is 0. The maximum absolute atomic E-state index is 12.1. The summed E-state index contributed by atoms with van der Waals surface area (Å²) in [4.78, 5) is 24.1. The Morgan fingerprint density at radius 2 is 0.870 bits per heavy atom. The molecule has 0 aromatic heterocycles. The second-order valence-electron chi connectivity index (χ2n) is 10.8. The molecule has 256 valence electrons. The molecule has 0 spiro atoms. The van der Waals surface area contributed by atoms with Crippen molar-refractivity contribution in [2.45, 2.75) is 123 Å². The van der Waals surface area contributed by atoms with E-state index in [4.69, 9.17) is 9.47 Å². The molecule has 0 radical (unpaired) electrons. The predicted octanol–water partition coefficient (Wildman–Crippen LogP) is 10.7. The van der Waals surface area contributed by atoms with Gasteiger partial charge in [0.15, 0.2) is 6.10 Å². The first-order valence-corrected chi connectivity index (χ1v) is 17.4. The molecule has 0 heterocycles. The molecule has 0 aliphatic rings. The van der Waals surface area contributed by atoms with Crippen LogP contribution in [0.25, 0.3) is 0 Å². The third-order valence-electron chi connectivity index (χ3n) is 6.56. The molecule has 0 saturated carbocycles. The lowest BCUT2D eigenvalue weighted by molar-refractivity contribution is -0.161. The molecular formula is C41H62O5. The second-order valence-corrected chi connectivity index (χ2v) is 10.8. The number of hydrogen-bond acceptors (Lipinski definition) is 5. The largest absolute Gasteiger partial charge is 0.462 e. The van der Waals surface area contributed by atoms with Crippen LogP contribution in [0.4, 0.5) is 0 Å². The topological polar surface area (TPSA) is 72.8 Å². The third-order valence-corrected chi connectivity index (χ3v) is 6.56. The van der Waals surface area contributed by atoms with Crippen molar-refractivity contribution in [3.63, 3.8) is 0 Å².